The summed E-state index contributed by atoms with van der Waals surface area (Å²) in [6, 6.07) is -0.203. The van der Waals surface area contributed by atoms with Crippen LogP contribution in [0.5, 0.6) is 0 Å². The average molecular weight is 1170 g/mol. The van der Waals surface area contributed by atoms with E-state index in [2.05, 4.69) is 53.3 Å². The number of aliphatic hydroxyl groups is 2. The molecule has 0 aliphatic carbocycles. The summed E-state index contributed by atoms with van der Waals surface area (Å²) in [6.07, 6.45) is -3.42. The Bertz CT molecular complexity index is 2790. The summed E-state index contributed by atoms with van der Waals surface area (Å²) in [6.45, 7) is 6.77. The van der Waals surface area contributed by atoms with Gasteiger partial charge in [-0.2, -0.15) is 0 Å². The molecule has 2 aromatic carbocycles. The van der Waals surface area contributed by atoms with Crippen LogP contribution in [0.25, 0.3) is 10.9 Å². The number of hydrogen-bond acceptors (Lipinski definition) is 18. The number of likely N-dealkylation sites (N-methyl/N-ethyl adjacent to an activating group) is 1. The Morgan fingerprint density at radius 3 is 2.07 bits per heavy atom. The van der Waals surface area contributed by atoms with Crippen molar-refractivity contribution in [2.24, 2.45) is 17.4 Å². The molecule has 0 spiro atoms. The van der Waals surface area contributed by atoms with E-state index in [4.69, 9.17) is 11.5 Å². The first kappa shape index (κ1) is 66.8. The van der Waals surface area contributed by atoms with Gasteiger partial charge in [-0.05, 0) is 82.1 Å². The van der Waals surface area contributed by atoms with E-state index in [-0.39, 0.29) is 49.5 Å². The summed E-state index contributed by atoms with van der Waals surface area (Å²) in [5.74, 6) is -13.3. The number of carbonyl (C=O) groups is 11. The maximum Gasteiger partial charge on any atom is 0.254 e. The van der Waals surface area contributed by atoms with E-state index in [1.165, 1.54) is 13.1 Å². The number of amides is 9. The zero-order valence-electron chi connectivity index (χ0n) is 46.5. The third kappa shape index (κ3) is 19.5. The van der Waals surface area contributed by atoms with Gasteiger partial charge in [-0.1, -0.05) is 50.2 Å². The first-order valence-electron chi connectivity index (χ1n) is 26.5. The molecule has 0 bridgehead atoms. The number of nitrogens with one attached hydrogen (secondary N) is 9. The number of benzene rings is 2. The fraction of sp³-hybridized carbons (Fsp3) is 0.528. The summed E-state index contributed by atoms with van der Waals surface area (Å²) >= 11 is 1.07. The third-order valence-corrected chi connectivity index (χ3v) is 14.9. The molecule has 1 aromatic heterocycles. The summed E-state index contributed by atoms with van der Waals surface area (Å²) < 4.78 is -1.46. The number of nitrogens with two attached hydrogens (primary N) is 2. The molecule has 9 amide bonds. The first-order chi connectivity index (χ1) is 38.5. The number of fused-ring (bicyclic) bond motifs is 2. The monoisotopic (exact) mass is 1170 g/mol. The number of aliphatic hydroxyl groups excluding tert-OH is 2. The lowest BCUT2D eigenvalue weighted by Gasteiger charge is -2.36. The molecule has 29 heteroatoms. The molecule has 3 aromatic rings. The number of carboxylic acid groups (broad SMARTS) is 2. The lowest BCUT2D eigenvalue weighted by Crippen LogP contribution is -2.73. The smallest absolute Gasteiger partial charge is 0.254 e. The van der Waals surface area contributed by atoms with Gasteiger partial charge in [-0.15, -0.1) is 11.8 Å². The number of carboxylic acids is 2. The van der Waals surface area contributed by atoms with E-state index in [9.17, 15) is 68.4 Å². The summed E-state index contributed by atoms with van der Waals surface area (Å²) in [5.41, 5.74) is 16.6. The van der Waals surface area contributed by atoms with Crippen LogP contribution in [0, 0.1) is 5.92 Å². The van der Waals surface area contributed by atoms with Gasteiger partial charge in [0, 0.05) is 71.5 Å². The second kappa shape index (κ2) is 30.9. The predicted molar refractivity (Wildman–Crippen MR) is 293 cm³/mol. The van der Waals surface area contributed by atoms with Crippen LogP contribution in [0.1, 0.15) is 94.6 Å². The molecule has 0 fully saturated rings. The van der Waals surface area contributed by atoms with Crippen molar-refractivity contribution in [1.29, 1.82) is 0 Å². The van der Waals surface area contributed by atoms with Gasteiger partial charge in [0.15, 0.2) is 6.29 Å². The molecule has 1 unspecified atom stereocenters. The summed E-state index contributed by atoms with van der Waals surface area (Å²) in [5, 5.41) is 65.3. The number of carbonyl (C=O) groups excluding carboxylic acids is 11. The molecular weight excluding hydrogens is 1090 g/mol. The van der Waals surface area contributed by atoms with Crippen molar-refractivity contribution in [3.05, 3.63) is 71.4 Å². The highest BCUT2D eigenvalue weighted by atomic mass is 32.2. The molecule has 82 heavy (non-hydrogen) atoms. The largest absolute Gasteiger partial charge is 0.550 e. The Morgan fingerprint density at radius 2 is 1.45 bits per heavy atom. The SMILES string of the molecule is CC(C)C[C@@H]1NC(=O)[C@H]([C@@H](C)O)NC(=O)[C@H](CC(=O)[O-])NC(=O)[C@H](CO)NC(=O)[C@H](CCCNC(N)[NH3+])N(C)C(=O)c2ccccc2CSC(C)(C)[C@@H](C(=O)N[C@@H](Cc2c[nH]c3ccccc23)C(=O)N[C@H](CCC(=O)[O-])C(N)=O)NC1=O. The minimum Gasteiger partial charge on any atom is -0.550 e. The maximum absolute atomic E-state index is 15.2. The summed E-state index contributed by atoms with van der Waals surface area (Å²) in [7, 11) is 1.33. The van der Waals surface area contributed by atoms with E-state index < -0.39 is 156 Å². The van der Waals surface area contributed by atoms with Gasteiger partial charge < -0.3 is 88.6 Å². The first-order valence-corrected chi connectivity index (χ1v) is 27.5. The second-order valence-electron chi connectivity index (χ2n) is 20.9. The number of hydrogen-bond donors (Lipinski definition) is 14. The Labute approximate surface area is 477 Å². The van der Waals surface area contributed by atoms with E-state index in [0.717, 1.165) is 23.6 Å². The van der Waals surface area contributed by atoms with Crippen LogP contribution in [0.15, 0.2) is 54.7 Å². The molecule has 4 rings (SSSR count). The number of aromatic nitrogens is 1. The summed E-state index contributed by atoms with van der Waals surface area (Å²) in [4.78, 5) is 155. The Kier molecular flexibility index (Phi) is 25.2. The topological polar surface area (TPSA) is 469 Å². The molecule has 18 N–H and O–H groups in total. The fourth-order valence-corrected chi connectivity index (χ4v) is 10.1. The second-order valence-corrected chi connectivity index (χ2v) is 22.6. The van der Waals surface area contributed by atoms with Crippen molar-refractivity contribution in [2.75, 3.05) is 20.2 Å². The Hall–Kier alpha value is -7.70. The predicted octanol–water partition coefficient (Wildman–Crippen LogP) is -6.30. The van der Waals surface area contributed by atoms with Crippen LogP contribution < -0.4 is 69.9 Å². The number of rotatable bonds is 21. The highest BCUT2D eigenvalue weighted by molar-refractivity contribution is 7.99. The van der Waals surface area contributed by atoms with E-state index in [1.807, 2.05) is 0 Å². The Balaban J connectivity index is 1.91. The molecule has 0 saturated carbocycles. The highest BCUT2D eigenvalue weighted by Crippen LogP contribution is 2.34. The number of para-hydroxylation sites is 1. The van der Waals surface area contributed by atoms with Gasteiger partial charge in [-0.25, -0.2) is 0 Å². The van der Waals surface area contributed by atoms with Gasteiger partial charge in [0.2, 0.25) is 47.3 Å². The van der Waals surface area contributed by atoms with Gasteiger partial charge in [0.1, 0.15) is 48.3 Å². The van der Waals surface area contributed by atoms with Crippen molar-refractivity contribution in [3.8, 4) is 0 Å². The van der Waals surface area contributed by atoms with Gasteiger partial charge in [-0.3, -0.25) is 54.2 Å². The standard InChI is InChI=1S/C53H77N13O15S/c1-26(2)20-34-46(76)65-42(50(80)62-35(21-29-23-58-32-15-10-9-13-30(29)32)44(74)59-33(43(54)73)17-18-39(69)70)53(4,5)82-25-28-12-7-8-14-31(28)51(81)66(6)38(16-11-19-57-52(55)56)48(78)63-37(24-67)47(77)60-36(22-40(71)72)45(75)64-41(27(3)68)49(79)61-34/h7-10,12-15,23,26-27,33-38,41-42,52,57-58,67-68H,11,16-22,24-25,55-56H2,1-6H3,(H2,54,73)(H,59,74)(H,60,77)(H,61,79)(H,62,80)(H,63,78)(H,64,75)(H,65,76)(H,69,70)(H,71,72)/p-1/t27-,33-,34+,35+,36+,37+,38+,41+,42-/m1/s1. The van der Waals surface area contributed by atoms with Crippen molar-refractivity contribution in [1.82, 2.24) is 52.4 Å². The third-order valence-electron chi connectivity index (χ3n) is 13.5. The molecule has 10 atom stereocenters. The van der Waals surface area contributed by atoms with Crippen molar-refractivity contribution in [2.45, 2.75) is 151 Å². The zero-order valence-corrected chi connectivity index (χ0v) is 47.4. The minimum absolute atomic E-state index is 0.0629. The molecule has 2 heterocycles. The van der Waals surface area contributed by atoms with Crippen LogP contribution in [0.3, 0.4) is 0 Å². The number of primary amides is 1. The number of aromatic amines is 1. The highest BCUT2D eigenvalue weighted by Gasteiger charge is 2.42. The lowest BCUT2D eigenvalue weighted by molar-refractivity contribution is -0.427. The molecular formula is C53H76N13O15S-. The van der Waals surface area contributed by atoms with E-state index >= 15 is 4.79 Å². The number of nitrogens with zero attached hydrogens (tertiary/aromatic N) is 1. The molecule has 0 radical (unpaired) electrons. The number of H-pyrrole nitrogens is 1. The number of quaternary nitrogens is 1. The number of aliphatic carboxylic acids is 2. The molecule has 450 valence electrons. The van der Waals surface area contributed by atoms with Crippen molar-refractivity contribution in [3.63, 3.8) is 0 Å². The number of thioether (sulfide) groups is 1. The molecule has 0 saturated heterocycles. The quantitative estimate of drug-likeness (QED) is 0.0348. The van der Waals surface area contributed by atoms with Crippen molar-refractivity contribution < 1.29 is 78.9 Å². The van der Waals surface area contributed by atoms with Crippen LogP contribution in [0.2, 0.25) is 0 Å². The van der Waals surface area contributed by atoms with Gasteiger partial charge in [0.05, 0.1) is 12.7 Å². The van der Waals surface area contributed by atoms with E-state index in [1.54, 1.807) is 76.4 Å². The van der Waals surface area contributed by atoms with Gasteiger partial charge in [0.25, 0.3) is 5.91 Å². The van der Waals surface area contributed by atoms with Crippen LogP contribution in [-0.4, -0.2) is 171 Å². The fourth-order valence-electron chi connectivity index (χ4n) is 8.95. The molecule has 1 aliphatic rings. The normalized spacial score (nSPS) is 22.2. The minimum atomic E-state index is -2.06. The van der Waals surface area contributed by atoms with Crippen LogP contribution in [-0.2, 0) is 60.1 Å². The zero-order chi connectivity index (χ0) is 61.2. The van der Waals surface area contributed by atoms with Crippen LogP contribution >= 0.6 is 11.8 Å². The van der Waals surface area contributed by atoms with Crippen molar-refractivity contribution >= 4 is 87.8 Å². The average Bonchev–Trinajstić information content (AvgIpc) is 3.98. The maximum atomic E-state index is 15.2. The van der Waals surface area contributed by atoms with Crippen LogP contribution in [0.4, 0.5) is 0 Å². The van der Waals surface area contributed by atoms with E-state index in [0.29, 0.717) is 22.0 Å². The van der Waals surface area contributed by atoms with Gasteiger partial charge >= 0.3 is 0 Å². The molecule has 1 aliphatic heterocycles. The molecule has 28 nitrogen and oxygen atoms in total. The Morgan fingerprint density at radius 1 is 0.829 bits per heavy atom. The lowest BCUT2D eigenvalue weighted by atomic mass is 9.97.